The predicted molar refractivity (Wildman–Crippen MR) is 174 cm³/mol. The van der Waals surface area contributed by atoms with Crippen LogP contribution in [0.5, 0.6) is 5.75 Å². The number of fused-ring (bicyclic) bond motifs is 2. The van der Waals surface area contributed by atoms with Gasteiger partial charge in [-0.25, -0.2) is 4.79 Å². The van der Waals surface area contributed by atoms with Crippen LogP contribution in [0.4, 0.5) is 21.9 Å². The SMILES string of the molecule is COc1ccc2cc(Br)ccc2c1CN1C(=O)C(NC(=O)OC(C)(C)C)CN(C(=O)c2ccc([N+](=O)[O-])cc2)c2ccccc21. The van der Waals surface area contributed by atoms with Crippen LogP contribution in [0.3, 0.4) is 0 Å². The minimum Gasteiger partial charge on any atom is -0.496 e. The van der Waals surface area contributed by atoms with Crippen LogP contribution in [0.25, 0.3) is 10.8 Å². The van der Waals surface area contributed by atoms with Crippen molar-refractivity contribution < 1.29 is 28.8 Å². The van der Waals surface area contributed by atoms with Crippen molar-refractivity contribution in [3.63, 3.8) is 0 Å². The molecule has 232 valence electrons. The van der Waals surface area contributed by atoms with Crippen LogP contribution in [-0.2, 0) is 16.1 Å². The van der Waals surface area contributed by atoms with E-state index in [1.807, 2.05) is 30.3 Å². The van der Waals surface area contributed by atoms with E-state index in [1.54, 1.807) is 52.1 Å². The molecule has 0 fully saturated rings. The second-order valence-corrected chi connectivity index (χ2v) is 12.4. The largest absolute Gasteiger partial charge is 0.496 e. The number of nitrogens with zero attached hydrogens (tertiary/aromatic N) is 3. The average molecular weight is 676 g/mol. The van der Waals surface area contributed by atoms with E-state index in [4.69, 9.17) is 9.47 Å². The fourth-order valence-electron chi connectivity index (χ4n) is 5.24. The van der Waals surface area contributed by atoms with Crippen molar-refractivity contribution in [2.45, 2.75) is 39.0 Å². The van der Waals surface area contributed by atoms with Gasteiger partial charge in [-0.15, -0.1) is 0 Å². The van der Waals surface area contributed by atoms with Gasteiger partial charge < -0.3 is 24.6 Å². The van der Waals surface area contributed by atoms with Crippen LogP contribution in [0, 0.1) is 10.1 Å². The highest BCUT2D eigenvalue weighted by atomic mass is 79.9. The molecule has 12 heteroatoms. The predicted octanol–water partition coefficient (Wildman–Crippen LogP) is 6.61. The first kappa shape index (κ1) is 31.5. The summed E-state index contributed by atoms with van der Waals surface area (Å²) in [4.78, 5) is 55.0. The molecule has 0 radical (unpaired) electrons. The van der Waals surface area contributed by atoms with Crippen LogP contribution < -0.4 is 19.9 Å². The Morgan fingerprint density at radius 3 is 2.36 bits per heavy atom. The van der Waals surface area contributed by atoms with Gasteiger partial charge in [0.15, 0.2) is 0 Å². The number of amides is 3. The normalized spacial score (nSPS) is 14.9. The summed E-state index contributed by atoms with van der Waals surface area (Å²) >= 11 is 3.52. The molecule has 3 amide bonds. The van der Waals surface area contributed by atoms with Crippen molar-refractivity contribution >= 4 is 61.7 Å². The third-order valence-corrected chi connectivity index (χ3v) is 7.73. The van der Waals surface area contributed by atoms with Crippen molar-refractivity contribution in [1.82, 2.24) is 5.32 Å². The van der Waals surface area contributed by atoms with Gasteiger partial charge >= 0.3 is 6.09 Å². The second kappa shape index (κ2) is 12.6. The first-order valence-corrected chi connectivity index (χ1v) is 14.9. The van der Waals surface area contributed by atoms with E-state index in [0.29, 0.717) is 17.1 Å². The lowest BCUT2D eigenvalue weighted by atomic mass is 10.0. The molecule has 4 aromatic rings. The molecule has 0 aliphatic carbocycles. The molecule has 45 heavy (non-hydrogen) atoms. The third-order valence-electron chi connectivity index (χ3n) is 7.24. The van der Waals surface area contributed by atoms with Gasteiger partial charge in [0.05, 0.1) is 36.5 Å². The number of rotatable bonds is 6. The van der Waals surface area contributed by atoms with Crippen LogP contribution in [0.1, 0.15) is 36.7 Å². The molecular weight excluding hydrogens is 644 g/mol. The van der Waals surface area contributed by atoms with E-state index < -0.39 is 34.5 Å². The molecule has 1 heterocycles. The van der Waals surface area contributed by atoms with Gasteiger partial charge in [0.2, 0.25) is 0 Å². The highest BCUT2D eigenvalue weighted by Gasteiger charge is 2.38. The number of hydrogen-bond donors (Lipinski definition) is 1. The lowest BCUT2D eigenvalue weighted by Crippen LogP contribution is -2.53. The number of ether oxygens (including phenoxy) is 2. The third kappa shape index (κ3) is 6.75. The van der Waals surface area contributed by atoms with Gasteiger partial charge in [-0.05, 0) is 74.0 Å². The number of carbonyl (C=O) groups is 3. The molecule has 4 aromatic carbocycles. The number of nitro groups is 1. The van der Waals surface area contributed by atoms with Gasteiger partial charge in [0, 0.05) is 27.7 Å². The molecule has 1 unspecified atom stereocenters. The van der Waals surface area contributed by atoms with E-state index in [1.165, 1.54) is 34.1 Å². The van der Waals surface area contributed by atoms with E-state index in [2.05, 4.69) is 21.2 Å². The number of non-ortho nitro benzene ring substituents is 1. The summed E-state index contributed by atoms with van der Waals surface area (Å²) in [6.45, 7) is 4.96. The Balaban J connectivity index is 1.63. The summed E-state index contributed by atoms with van der Waals surface area (Å²) in [5, 5.41) is 15.7. The van der Waals surface area contributed by atoms with Crippen LogP contribution in [0.15, 0.2) is 83.3 Å². The molecule has 11 nitrogen and oxygen atoms in total. The number of carbonyl (C=O) groups excluding carboxylic acids is 3. The van der Waals surface area contributed by atoms with Gasteiger partial charge in [-0.2, -0.15) is 0 Å². The van der Waals surface area contributed by atoms with E-state index in [9.17, 15) is 24.5 Å². The van der Waals surface area contributed by atoms with Crippen molar-refractivity contribution in [2.24, 2.45) is 0 Å². The van der Waals surface area contributed by atoms with Gasteiger partial charge in [-0.3, -0.25) is 19.7 Å². The fourth-order valence-corrected chi connectivity index (χ4v) is 5.62. The fraction of sp³-hybridized carbons (Fsp3) is 0.242. The maximum absolute atomic E-state index is 14.4. The summed E-state index contributed by atoms with van der Waals surface area (Å²) in [5.74, 6) is -0.408. The summed E-state index contributed by atoms with van der Waals surface area (Å²) in [6, 6.07) is 20.5. The summed E-state index contributed by atoms with van der Waals surface area (Å²) in [7, 11) is 1.55. The molecular formula is C33H31BrN4O7. The summed E-state index contributed by atoms with van der Waals surface area (Å²) in [5.41, 5.74) is 0.765. The summed E-state index contributed by atoms with van der Waals surface area (Å²) in [6.07, 6.45) is -0.818. The number of halogens is 1. The number of alkyl carbamates (subject to hydrolysis) is 1. The van der Waals surface area contributed by atoms with Crippen LogP contribution in [-0.4, -0.2) is 48.1 Å². The van der Waals surface area contributed by atoms with Crippen molar-refractivity contribution in [2.75, 3.05) is 23.5 Å². The van der Waals surface area contributed by atoms with Crippen molar-refractivity contribution in [3.05, 3.63) is 105 Å². The Bertz CT molecular complexity index is 1800. The van der Waals surface area contributed by atoms with Crippen LogP contribution in [0.2, 0.25) is 0 Å². The second-order valence-electron chi connectivity index (χ2n) is 11.4. The first-order valence-electron chi connectivity index (χ1n) is 14.1. The zero-order valence-corrected chi connectivity index (χ0v) is 26.7. The molecule has 5 rings (SSSR count). The van der Waals surface area contributed by atoms with E-state index >= 15 is 0 Å². The Hall–Kier alpha value is -4.97. The van der Waals surface area contributed by atoms with Gasteiger partial charge in [0.25, 0.3) is 17.5 Å². The van der Waals surface area contributed by atoms with Crippen molar-refractivity contribution in [3.8, 4) is 5.75 Å². The zero-order valence-electron chi connectivity index (χ0n) is 25.1. The monoisotopic (exact) mass is 674 g/mol. The number of benzene rings is 4. The number of methoxy groups -OCH3 is 1. The molecule has 0 aromatic heterocycles. The number of hydrogen-bond acceptors (Lipinski definition) is 7. The maximum atomic E-state index is 14.4. The molecule has 0 saturated carbocycles. The van der Waals surface area contributed by atoms with Crippen LogP contribution >= 0.6 is 15.9 Å². The molecule has 0 bridgehead atoms. The standard InChI is InChI=1S/C33H31BrN4O7/c1-33(2,3)45-32(41)35-26-19-37(30(39)20-9-13-23(14-10-20)38(42)43)28-8-6-5-7-27(28)36(31(26)40)18-25-24-15-12-22(34)17-21(24)11-16-29(25)44-4/h5-17,26H,18-19H2,1-4H3,(H,35,41). The lowest BCUT2D eigenvalue weighted by molar-refractivity contribution is -0.384. The number of nitrogens with one attached hydrogen (secondary N) is 1. The van der Waals surface area contributed by atoms with Gasteiger partial charge in [0.1, 0.15) is 17.4 Å². The molecule has 0 spiro atoms. The minimum absolute atomic E-state index is 0.0596. The Morgan fingerprint density at radius 2 is 1.71 bits per heavy atom. The lowest BCUT2D eigenvalue weighted by Gasteiger charge is -2.27. The Morgan fingerprint density at radius 1 is 1.02 bits per heavy atom. The van der Waals surface area contributed by atoms with Crippen molar-refractivity contribution in [1.29, 1.82) is 0 Å². The molecule has 1 aliphatic rings. The average Bonchev–Trinajstić information content (AvgIpc) is 3.10. The minimum atomic E-state index is -1.20. The number of anilines is 2. The quantitative estimate of drug-likeness (QED) is 0.180. The number of nitro benzene ring substituents is 1. The highest BCUT2D eigenvalue weighted by molar-refractivity contribution is 9.10. The van der Waals surface area contributed by atoms with Gasteiger partial charge in [-0.1, -0.05) is 40.2 Å². The first-order chi connectivity index (χ1) is 21.4. The molecule has 1 N–H and O–H groups in total. The molecule has 1 aliphatic heterocycles. The Labute approximate surface area is 268 Å². The topological polar surface area (TPSA) is 131 Å². The summed E-state index contributed by atoms with van der Waals surface area (Å²) < 4.78 is 12.1. The van der Waals surface area contributed by atoms with E-state index in [0.717, 1.165) is 20.8 Å². The zero-order chi connectivity index (χ0) is 32.5. The molecule has 1 atom stereocenters. The number of para-hydroxylation sites is 2. The van der Waals surface area contributed by atoms with E-state index in [-0.39, 0.29) is 24.3 Å². The smallest absolute Gasteiger partial charge is 0.408 e. The highest BCUT2D eigenvalue weighted by Crippen LogP contribution is 2.38. The Kier molecular flexibility index (Phi) is 8.78. The maximum Gasteiger partial charge on any atom is 0.408 e. The molecule has 0 saturated heterocycles.